The van der Waals surface area contributed by atoms with E-state index < -0.39 is 0 Å². The Bertz CT molecular complexity index is 465. The first kappa shape index (κ1) is 14.2. The van der Waals surface area contributed by atoms with Crippen molar-refractivity contribution in [3.05, 3.63) is 23.8 Å². The van der Waals surface area contributed by atoms with E-state index in [2.05, 4.69) is 32.4 Å². The average molecular weight is 275 g/mol. The molecule has 6 heteroatoms. The van der Waals surface area contributed by atoms with Gasteiger partial charge in [-0.05, 0) is 43.6 Å². The Balaban J connectivity index is 0.000000722. The molecule has 0 aliphatic carbocycles. The lowest BCUT2D eigenvalue weighted by molar-refractivity contribution is 0.331. The fourth-order valence-electron chi connectivity index (χ4n) is 2.18. The molecule has 1 aliphatic heterocycles. The highest BCUT2D eigenvalue weighted by molar-refractivity contribution is 5.85. The Labute approximate surface area is 113 Å². The quantitative estimate of drug-likeness (QED) is 0.915. The van der Waals surface area contributed by atoms with Gasteiger partial charge in [0.25, 0.3) is 0 Å². The van der Waals surface area contributed by atoms with Crippen LogP contribution in [0.3, 0.4) is 0 Å². The number of fused-ring (bicyclic) bond motifs is 1. The molecule has 0 saturated carbocycles. The SMILES string of the molecule is Cl.Cl.c1cc2n[nH]nc2cc1CN1CCCC1. The molecule has 17 heavy (non-hydrogen) atoms. The second-order valence-electron chi connectivity index (χ2n) is 4.13. The van der Waals surface area contributed by atoms with Crippen molar-refractivity contribution in [1.29, 1.82) is 0 Å². The zero-order valence-electron chi connectivity index (χ0n) is 9.43. The molecule has 2 heterocycles. The van der Waals surface area contributed by atoms with Crippen LogP contribution in [0.5, 0.6) is 0 Å². The van der Waals surface area contributed by atoms with Crippen molar-refractivity contribution in [2.24, 2.45) is 0 Å². The summed E-state index contributed by atoms with van der Waals surface area (Å²) in [7, 11) is 0. The zero-order valence-corrected chi connectivity index (χ0v) is 11.1. The van der Waals surface area contributed by atoms with E-state index in [0.717, 1.165) is 17.6 Å². The topological polar surface area (TPSA) is 44.8 Å². The van der Waals surface area contributed by atoms with E-state index in [9.17, 15) is 0 Å². The van der Waals surface area contributed by atoms with Crippen LogP contribution < -0.4 is 0 Å². The van der Waals surface area contributed by atoms with Crippen LogP contribution in [0.1, 0.15) is 18.4 Å². The van der Waals surface area contributed by atoms with Gasteiger partial charge < -0.3 is 0 Å². The molecular weight excluding hydrogens is 259 g/mol. The normalized spacial score (nSPS) is 15.5. The maximum absolute atomic E-state index is 4.10. The summed E-state index contributed by atoms with van der Waals surface area (Å²) in [6.45, 7) is 3.51. The van der Waals surface area contributed by atoms with Crippen molar-refractivity contribution < 1.29 is 0 Å². The third-order valence-corrected chi connectivity index (χ3v) is 2.99. The standard InChI is InChI=1S/C11H14N4.2ClH/c1-2-6-15(5-1)8-9-3-4-10-11(7-9)13-14-12-10;;/h3-4,7H,1-2,5-6,8H2,(H,12,13,14);2*1H. The van der Waals surface area contributed by atoms with E-state index in [1.54, 1.807) is 0 Å². The van der Waals surface area contributed by atoms with Gasteiger partial charge in [-0.25, -0.2) is 0 Å². The predicted molar refractivity (Wildman–Crippen MR) is 72.9 cm³/mol. The minimum absolute atomic E-state index is 0. The lowest BCUT2D eigenvalue weighted by atomic mass is 10.2. The number of H-pyrrole nitrogens is 1. The Morgan fingerprint density at radius 2 is 1.76 bits per heavy atom. The molecular formula is C11H16Cl2N4. The molecule has 2 aromatic rings. The molecule has 1 aromatic carbocycles. The van der Waals surface area contributed by atoms with Crippen LogP contribution in [-0.2, 0) is 6.54 Å². The molecule has 1 N–H and O–H groups in total. The molecule has 1 fully saturated rings. The number of halogens is 2. The van der Waals surface area contributed by atoms with E-state index >= 15 is 0 Å². The molecule has 0 radical (unpaired) electrons. The van der Waals surface area contributed by atoms with Gasteiger partial charge in [0.05, 0.1) is 0 Å². The van der Waals surface area contributed by atoms with E-state index in [1.807, 2.05) is 6.07 Å². The number of likely N-dealkylation sites (tertiary alicyclic amines) is 1. The van der Waals surface area contributed by atoms with Crippen LogP contribution in [0.2, 0.25) is 0 Å². The van der Waals surface area contributed by atoms with Crippen molar-refractivity contribution in [2.45, 2.75) is 19.4 Å². The van der Waals surface area contributed by atoms with Gasteiger partial charge in [0, 0.05) is 6.54 Å². The molecule has 1 saturated heterocycles. The molecule has 0 unspecified atom stereocenters. The van der Waals surface area contributed by atoms with Crippen LogP contribution >= 0.6 is 24.8 Å². The molecule has 94 valence electrons. The second-order valence-corrected chi connectivity index (χ2v) is 4.13. The van der Waals surface area contributed by atoms with Crippen molar-refractivity contribution >= 4 is 35.8 Å². The molecule has 0 atom stereocenters. The van der Waals surface area contributed by atoms with Crippen LogP contribution in [-0.4, -0.2) is 33.4 Å². The highest BCUT2D eigenvalue weighted by atomic mass is 35.5. The smallest absolute Gasteiger partial charge is 0.113 e. The fourth-order valence-corrected chi connectivity index (χ4v) is 2.18. The number of nitrogens with zero attached hydrogens (tertiary/aromatic N) is 3. The monoisotopic (exact) mass is 274 g/mol. The summed E-state index contributed by atoms with van der Waals surface area (Å²) < 4.78 is 0. The summed E-state index contributed by atoms with van der Waals surface area (Å²) in [5, 5.41) is 10.8. The number of nitrogens with one attached hydrogen (secondary N) is 1. The second kappa shape index (κ2) is 6.19. The third-order valence-electron chi connectivity index (χ3n) is 2.99. The number of rotatable bonds is 2. The minimum atomic E-state index is 0. The van der Waals surface area contributed by atoms with Crippen LogP contribution in [0.25, 0.3) is 11.0 Å². The predicted octanol–water partition coefficient (Wildman–Crippen LogP) is 2.40. The summed E-state index contributed by atoms with van der Waals surface area (Å²) in [6.07, 6.45) is 2.68. The summed E-state index contributed by atoms with van der Waals surface area (Å²) in [4.78, 5) is 2.49. The third kappa shape index (κ3) is 3.09. The van der Waals surface area contributed by atoms with Gasteiger partial charge in [0.2, 0.25) is 0 Å². The van der Waals surface area contributed by atoms with Crippen LogP contribution in [0.15, 0.2) is 18.2 Å². The molecule has 1 aromatic heterocycles. The maximum Gasteiger partial charge on any atom is 0.113 e. The van der Waals surface area contributed by atoms with Crippen molar-refractivity contribution in [3.8, 4) is 0 Å². The van der Waals surface area contributed by atoms with Crippen molar-refractivity contribution in [3.63, 3.8) is 0 Å². The number of benzene rings is 1. The Morgan fingerprint density at radius 3 is 2.53 bits per heavy atom. The van der Waals surface area contributed by atoms with E-state index in [1.165, 1.54) is 31.5 Å². The number of aromatic amines is 1. The molecule has 3 rings (SSSR count). The minimum Gasteiger partial charge on any atom is -0.299 e. The largest absolute Gasteiger partial charge is 0.299 e. The summed E-state index contributed by atoms with van der Waals surface area (Å²) in [6, 6.07) is 6.30. The van der Waals surface area contributed by atoms with Crippen LogP contribution in [0, 0.1) is 0 Å². The van der Waals surface area contributed by atoms with Gasteiger partial charge in [0.15, 0.2) is 0 Å². The highest BCUT2D eigenvalue weighted by Gasteiger charge is 2.11. The molecule has 4 nitrogen and oxygen atoms in total. The Morgan fingerprint density at radius 1 is 1.06 bits per heavy atom. The highest BCUT2D eigenvalue weighted by Crippen LogP contribution is 2.15. The van der Waals surface area contributed by atoms with Gasteiger partial charge in [-0.2, -0.15) is 15.4 Å². The summed E-state index contributed by atoms with van der Waals surface area (Å²) in [5.74, 6) is 0. The first-order chi connectivity index (χ1) is 7.42. The van der Waals surface area contributed by atoms with Crippen LogP contribution in [0.4, 0.5) is 0 Å². The molecule has 0 spiro atoms. The van der Waals surface area contributed by atoms with E-state index in [-0.39, 0.29) is 24.8 Å². The zero-order chi connectivity index (χ0) is 10.1. The first-order valence-electron chi connectivity index (χ1n) is 5.43. The average Bonchev–Trinajstić information content (AvgIpc) is 2.87. The van der Waals surface area contributed by atoms with Gasteiger partial charge in [-0.1, -0.05) is 6.07 Å². The van der Waals surface area contributed by atoms with E-state index in [0.29, 0.717) is 0 Å². The Hall–Kier alpha value is -0.840. The van der Waals surface area contributed by atoms with Gasteiger partial charge in [-0.15, -0.1) is 24.8 Å². The molecule has 1 aliphatic rings. The van der Waals surface area contributed by atoms with Gasteiger partial charge in [-0.3, -0.25) is 4.90 Å². The van der Waals surface area contributed by atoms with Crippen molar-refractivity contribution in [2.75, 3.05) is 13.1 Å². The maximum atomic E-state index is 4.10. The first-order valence-corrected chi connectivity index (χ1v) is 5.43. The Kier molecular flexibility index (Phi) is 5.18. The number of hydrogen-bond donors (Lipinski definition) is 1. The fraction of sp³-hybridized carbons (Fsp3) is 0.455. The number of hydrogen-bond acceptors (Lipinski definition) is 3. The summed E-state index contributed by atoms with van der Waals surface area (Å²) in [5.41, 5.74) is 3.24. The summed E-state index contributed by atoms with van der Waals surface area (Å²) >= 11 is 0. The van der Waals surface area contributed by atoms with E-state index in [4.69, 9.17) is 0 Å². The lowest BCUT2D eigenvalue weighted by Gasteiger charge is -2.13. The lowest BCUT2D eigenvalue weighted by Crippen LogP contribution is -2.18. The van der Waals surface area contributed by atoms with Gasteiger partial charge >= 0.3 is 0 Å². The number of aromatic nitrogens is 3. The molecule has 0 amide bonds. The van der Waals surface area contributed by atoms with Gasteiger partial charge in [0.1, 0.15) is 11.0 Å². The molecule has 0 bridgehead atoms. The van der Waals surface area contributed by atoms with Crippen molar-refractivity contribution in [1.82, 2.24) is 20.3 Å².